The van der Waals surface area contributed by atoms with E-state index in [9.17, 15) is 8.42 Å². The zero-order valence-electron chi connectivity index (χ0n) is 12.0. The molecule has 6 heteroatoms. The fourth-order valence-corrected chi connectivity index (χ4v) is 3.77. The maximum absolute atomic E-state index is 12.3. The Morgan fingerprint density at radius 1 is 1.35 bits per heavy atom. The number of benzene rings is 1. The molecule has 1 aromatic carbocycles. The van der Waals surface area contributed by atoms with Gasteiger partial charge in [0.15, 0.2) is 0 Å². The van der Waals surface area contributed by atoms with Crippen molar-refractivity contribution in [1.82, 2.24) is 9.62 Å². The summed E-state index contributed by atoms with van der Waals surface area (Å²) >= 11 is 0. The molecule has 1 aliphatic rings. The van der Waals surface area contributed by atoms with Crippen LogP contribution in [0.4, 0.5) is 0 Å². The standard InChI is InChI=1S/C14H22N2O3S/c1-12-3-5-14(6-4-12)19-9-10-20(17,18)16-8-7-15-11-13(16)2/h3-6,13,15H,7-11H2,1-2H3/t13-/m1/s1. The van der Waals surface area contributed by atoms with Crippen molar-refractivity contribution in [1.29, 1.82) is 0 Å². The summed E-state index contributed by atoms with van der Waals surface area (Å²) in [5, 5.41) is 3.19. The fourth-order valence-electron chi connectivity index (χ4n) is 2.25. The lowest BCUT2D eigenvalue weighted by Gasteiger charge is -2.32. The van der Waals surface area contributed by atoms with Crippen LogP contribution in [0.25, 0.3) is 0 Å². The molecule has 1 aliphatic heterocycles. The summed E-state index contributed by atoms with van der Waals surface area (Å²) in [5.41, 5.74) is 1.15. The second-order valence-electron chi connectivity index (χ2n) is 5.14. The Morgan fingerprint density at radius 3 is 2.70 bits per heavy atom. The number of hydrogen-bond donors (Lipinski definition) is 1. The van der Waals surface area contributed by atoms with Crippen LogP contribution in [-0.2, 0) is 10.0 Å². The summed E-state index contributed by atoms with van der Waals surface area (Å²) in [4.78, 5) is 0. The number of aryl methyl sites for hydroxylation is 1. The smallest absolute Gasteiger partial charge is 0.217 e. The average Bonchev–Trinajstić information content (AvgIpc) is 2.41. The van der Waals surface area contributed by atoms with Crippen LogP contribution in [0.1, 0.15) is 12.5 Å². The summed E-state index contributed by atoms with van der Waals surface area (Å²) < 4.78 is 31.6. The maximum Gasteiger partial charge on any atom is 0.217 e. The summed E-state index contributed by atoms with van der Waals surface area (Å²) in [6, 6.07) is 7.61. The van der Waals surface area contributed by atoms with Gasteiger partial charge >= 0.3 is 0 Å². The molecule has 0 amide bonds. The Hall–Kier alpha value is -1.11. The van der Waals surface area contributed by atoms with E-state index >= 15 is 0 Å². The van der Waals surface area contributed by atoms with E-state index in [0.29, 0.717) is 25.4 Å². The fraction of sp³-hybridized carbons (Fsp3) is 0.571. The minimum Gasteiger partial charge on any atom is -0.492 e. The Balaban J connectivity index is 1.87. The first-order valence-electron chi connectivity index (χ1n) is 6.89. The monoisotopic (exact) mass is 298 g/mol. The van der Waals surface area contributed by atoms with Crippen molar-refractivity contribution >= 4 is 10.0 Å². The number of piperazine rings is 1. The van der Waals surface area contributed by atoms with E-state index in [1.807, 2.05) is 38.1 Å². The van der Waals surface area contributed by atoms with Gasteiger partial charge < -0.3 is 10.1 Å². The molecule has 1 N–H and O–H groups in total. The third kappa shape index (κ3) is 3.94. The third-order valence-electron chi connectivity index (χ3n) is 3.43. The molecule has 0 unspecified atom stereocenters. The molecule has 1 fully saturated rings. The third-order valence-corrected chi connectivity index (χ3v) is 5.37. The lowest BCUT2D eigenvalue weighted by atomic mass is 10.2. The van der Waals surface area contributed by atoms with Crippen LogP contribution < -0.4 is 10.1 Å². The molecule has 112 valence electrons. The predicted molar refractivity (Wildman–Crippen MR) is 79.5 cm³/mol. The Bertz CT molecular complexity index is 528. The van der Waals surface area contributed by atoms with E-state index in [1.54, 1.807) is 4.31 Å². The van der Waals surface area contributed by atoms with Gasteiger partial charge in [-0.15, -0.1) is 0 Å². The van der Waals surface area contributed by atoms with Crippen LogP contribution in [0.3, 0.4) is 0 Å². The number of rotatable bonds is 5. The highest BCUT2D eigenvalue weighted by Gasteiger charge is 2.29. The maximum atomic E-state index is 12.3. The summed E-state index contributed by atoms with van der Waals surface area (Å²) in [6.45, 7) is 6.06. The number of nitrogens with zero attached hydrogens (tertiary/aromatic N) is 1. The van der Waals surface area contributed by atoms with Crippen molar-refractivity contribution < 1.29 is 13.2 Å². The van der Waals surface area contributed by atoms with Crippen LogP contribution in [0, 0.1) is 6.92 Å². The molecule has 0 spiro atoms. The normalized spacial score (nSPS) is 20.8. The van der Waals surface area contributed by atoms with E-state index in [-0.39, 0.29) is 18.4 Å². The average molecular weight is 298 g/mol. The Morgan fingerprint density at radius 2 is 2.05 bits per heavy atom. The van der Waals surface area contributed by atoms with Gasteiger partial charge in [-0.25, -0.2) is 8.42 Å². The van der Waals surface area contributed by atoms with Crippen LogP contribution >= 0.6 is 0 Å². The lowest BCUT2D eigenvalue weighted by Crippen LogP contribution is -2.53. The second-order valence-corrected chi connectivity index (χ2v) is 7.18. The number of sulfonamides is 1. The molecular formula is C14H22N2O3S. The Labute approximate surface area is 121 Å². The highest BCUT2D eigenvalue weighted by Crippen LogP contribution is 2.13. The molecular weight excluding hydrogens is 276 g/mol. The highest BCUT2D eigenvalue weighted by atomic mass is 32.2. The predicted octanol–water partition coefficient (Wildman–Crippen LogP) is 0.997. The van der Waals surface area contributed by atoms with Crippen molar-refractivity contribution in [2.24, 2.45) is 0 Å². The lowest BCUT2D eigenvalue weighted by molar-refractivity contribution is 0.278. The first-order chi connectivity index (χ1) is 9.49. The zero-order valence-corrected chi connectivity index (χ0v) is 12.8. The molecule has 1 saturated heterocycles. The quantitative estimate of drug-likeness (QED) is 0.881. The molecule has 0 aromatic heterocycles. The van der Waals surface area contributed by atoms with Gasteiger partial charge in [0, 0.05) is 25.7 Å². The van der Waals surface area contributed by atoms with Gasteiger partial charge in [0.2, 0.25) is 10.0 Å². The Kier molecular flexibility index (Phi) is 5.01. The number of nitrogens with one attached hydrogen (secondary N) is 1. The second kappa shape index (κ2) is 6.56. The summed E-state index contributed by atoms with van der Waals surface area (Å²) in [5.74, 6) is 0.727. The van der Waals surface area contributed by atoms with Gasteiger partial charge in [-0.05, 0) is 26.0 Å². The first-order valence-corrected chi connectivity index (χ1v) is 8.50. The van der Waals surface area contributed by atoms with E-state index in [1.165, 1.54) is 0 Å². The highest BCUT2D eigenvalue weighted by molar-refractivity contribution is 7.89. The van der Waals surface area contributed by atoms with Crippen LogP contribution in [0.5, 0.6) is 5.75 Å². The van der Waals surface area contributed by atoms with E-state index in [0.717, 1.165) is 5.56 Å². The van der Waals surface area contributed by atoms with Crippen molar-refractivity contribution in [3.05, 3.63) is 29.8 Å². The van der Waals surface area contributed by atoms with Crippen molar-refractivity contribution in [2.45, 2.75) is 19.9 Å². The summed E-state index contributed by atoms with van der Waals surface area (Å²) in [6.07, 6.45) is 0. The molecule has 0 bridgehead atoms. The molecule has 0 radical (unpaired) electrons. The van der Waals surface area contributed by atoms with E-state index in [2.05, 4.69) is 5.32 Å². The minimum atomic E-state index is -3.24. The molecule has 1 heterocycles. The molecule has 20 heavy (non-hydrogen) atoms. The number of ether oxygens (including phenoxy) is 1. The van der Waals surface area contributed by atoms with E-state index in [4.69, 9.17) is 4.74 Å². The topological polar surface area (TPSA) is 58.6 Å². The number of hydrogen-bond acceptors (Lipinski definition) is 4. The van der Waals surface area contributed by atoms with Crippen molar-refractivity contribution in [3.63, 3.8) is 0 Å². The molecule has 1 atom stereocenters. The van der Waals surface area contributed by atoms with E-state index < -0.39 is 10.0 Å². The van der Waals surface area contributed by atoms with Crippen LogP contribution in [0.15, 0.2) is 24.3 Å². The van der Waals surface area contributed by atoms with Crippen LogP contribution in [0.2, 0.25) is 0 Å². The zero-order chi connectivity index (χ0) is 14.6. The van der Waals surface area contributed by atoms with Gasteiger partial charge in [-0.1, -0.05) is 17.7 Å². The minimum absolute atomic E-state index is 0.00752. The molecule has 0 saturated carbocycles. The molecule has 1 aromatic rings. The first kappa shape index (κ1) is 15.3. The molecule has 0 aliphatic carbocycles. The van der Waals surface area contributed by atoms with Gasteiger partial charge in [0.25, 0.3) is 0 Å². The van der Waals surface area contributed by atoms with Crippen LogP contribution in [-0.4, -0.2) is 50.8 Å². The van der Waals surface area contributed by atoms with Crippen molar-refractivity contribution in [3.8, 4) is 5.75 Å². The van der Waals surface area contributed by atoms with Gasteiger partial charge in [-0.3, -0.25) is 0 Å². The van der Waals surface area contributed by atoms with Gasteiger partial charge in [0.05, 0.1) is 5.75 Å². The van der Waals surface area contributed by atoms with Gasteiger partial charge in [-0.2, -0.15) is 4.31 Å². The summed E-state index contributed by atoms with van der Waals surface area (Å²) in [7, 11) is -3.24. The largest absolute Gasteiger partial charge is 0.492 e. The van der Waals surface area contributed by atoms with Gasteiger partial charge in [0.1, 0.15) is 12.4 Å². The SMILES string of the molecule is Cc1ccc(OCCS(=O)(=O)N2CCNC[C@H]2C)cc1. The molecule has 5 nitrogen and oxygen atoms in total. The van der Waals surface area contributed by atoms with Crippen molar-refractivity contribution in [2.75, 3.05) is 32.0 Å². The molecule has 2 rings (SSSR count).